The van der Waals surface area contributed by atoms with Gasteiger partial charge in [-0.25, -0.2) is 4.39 Å². The minimum atomic E-state index is -0.851. The van der Waals surface area contributed by atoms with Crippen LogP contribution in [0.2, 0.25) is 0 Å². The summed E-state index contributed by atoms with van der Waals surface area (Å²) >= 11 is 0. The number of amides is 1. The fourth-order valence-electron chi connectivity index (χ4n) is 2.14. The maximum Gasteiger partial charge on any atom is 0.248 e. The van der Waals surface area contributed by atoms with Crippen LogP contribution >= 0.6 is 0 Å². The SMILES string of the molecule is C[C@]1(c2cc(C(N)=O)ccc2F)CCOCC(N)=N1. The molecule has 0 spiro atoms. The van der Waals surface area contributed by atoms with Crippen molar-refractivity contribution in [2.75, 3.05) is 13.2 Å². The second-order valence-electron chi connectivity index (χ2n) is 4.74. The molecule has 4 N–H and O–H groups in total. The normalized spacial score (nSPS) is 23.6. The van der Waals surface area contributed by atoms with Crippen molar-refractivity contribution in [2.24, 2.45) is 16.5 Å². The van der Waals surface area contributed by atoms with Gasteiger partial charge in [0.15, 0.2) is 0 Å². The van der Waals surface area contributed by atoms with Gasteiger partial charge in [0.05, 0.1) is 5.54 Å². The van der Waals surface area contributed by atoms with Gasteiger partial charge in [0.1, 0.15) is 18.3 Å². The van der Waals surface area contributed by atoms with E-state index in [-0.39, 0.29) is 12.2 Å². The van der Waals surface area contributed by atoms with E-state index in [9.17, 15) is 9.18 Å². The quantitative estimate of drug-likeness (QED) is 0.833. The number of nitrogens with zero attached hydrogens (tertiary/aromatic N) is 1. The third-order valence-electron chi connectivity index (χ3n) is 3.20. The molecule has 0 fully saturated rings. The highest BCUT2D eigenvalue weighted by molar-refractivity contribution is 5.93. The Morgan fingerprint density at radius 1 is 1.53 bits per heavy atom. The molecule has 19 heavy (non-hydrogen) atoms. The number of hydrogen-bond acceptors (Lipinski definition) is 4. The zero-order valence-corrected chi connectivity index (χ0v) is 10.6. The van der Waals surface area contributed by atoms with Gasteiger partial charge in [0.2, 0.25) is 5.91 Å². The van der Waals surface area contributed by atoms with Crippen LogP contribution in [-0.2, 0) is 10.3 Å². The summed E-state index contributed by atoms with van der Waals surface area (Å²) in [6.45, 7) is 2.41. The predicted octanol–water partition coefficient (Wildman–Crippen LogP) is 0.917. The van der Waals surface area contributed by atoms with Gasteiger partial charge in [-0.15, -0.1) is 0 Å². The highest BCUT2D eigenvalue weighted by Gasteiger charge is 2.31. The van der Waals surface area contributed by atoms with E-state index in [1.807, 2.05) is 0 Å². The average molecular weight is 265 g/mol. The number of primary amides is 1. The lowest BCUT2D eigenvalue weighted by Gasteiger charge is -2.25. The van der Waals surface area contributed by atoms with Crippen molar-refractivity contribution < 1.29 is 13.9 Å². The largest absolute Gasteiger partial charge is 0.386 e. The number of halogens is 1. The molecular weight excluding hydrogens is 249 g/mol. The summed E-state index contributed by atoms with van der Waals surface area (Å²) in [7, 11) is 0. The van der Waals surface area contributed by atoms with Crippen LogP contribution in [0.5, 0.6) is 0 Å². The van der Waals surface area contributed by atoms with Crippen molar-refractivity contribution in [3.05, 3.63) is 35.1 Å². The van der Waals surface area contributed by atoms with Crippen LogP contribution in [-0.4, -0.2) is 25.0 Å². The standard InChI is InChI=1S/C13H16FN3O2/c1-13(4-5-19-7-11(15)17-13)9-6-8(12(16)18)2-3-10(9)14/h2-3,6H,4-5,7H2,1H3,(H2,15,17)(H2,16,18)/t13-/m1/s1. The lowest BCUT2D eigenvalue weighted by atomic mass is 9.88. The van der Waals surface area contributed by atoms with Gasteiger partial charge in [0.25, 0.3) is 0 Å². The van der Waals surface area contributed by atoms with Gasteiger partial charge in [-0.2, -0.15) is 0 Å². The molecule has 1 aliphatic heterocycles. The Balaban J connectivity index is 2.52. The number of aliphatic imine (C=N–C) groups is 1. The molecule has 0 saturated carbocycles. The summed E-state index contributed by atoms with van der Waals surface area (Å²) in [4.78, 5) is 15.5. The van der Waals surface area contributed by atoms with Gasteiger partial charge in [-0.1, -0.05) is 0 Å². The van der Waals surface area contributed by atoms with E-state index in [2.05, 4.69) is 4.99 Å². The van der Waals surface area contributed by atoms with Gasteiger partial charge in [-0.3, -0.25) is 9.79 Å². The molecule has 0 aromatic heterocycles. The van der Waals surface area contributed by atoms with Gasteiger partial charge < -0.3 is 16.2 Å². The zero-order valence-electron chi connectivity index (χ0n) is 10.6. The summed E-state index contributed by atoms with van der Waals surface area (Å²) in [5.74, 6) is -0.735. The molecule has 0 aliphatic carbocycles. The number of nitrogens with two attached hydrogens (primary N) is 2. The molecule has 1 aromatic carbocycles. The highest BCUT2D eigenvalue weighted by atomic mass is 19.1. The summed E-state index contributed by atoms with van der Waals surface area (Å²) in [6.07, 6.45) is 0.479. The molecule has 1 atom stereocenters. The van der Waals surface area contributed by atoms with E-state index in [4.69, 9.17) is 16.2 Å². The third kappa shape index (κ3) is 2.73. The van der Waals surface area contributed by atoms with Crippen molar-refractivity contribution in [1.29, 1.82) is 0 Å². The Kier molecular flexibility index (Phi) is 3.53. The van der Waals surface area contributed by atoms with Crippen molar-refractivity contribution >= 4 is 11.7 Å². The molecule has 102 valence electrons. The lowest BCUT2D eigenvalue weighted by molar-refractivity contribution is 0.1000. The number of amidine groups is 1. The molecule has 5 nitrogen and oxygen atoms in total. The minimum absolute atomic E-state index is 0.229. The molecule has 0 unspecified atom stereocenters. The van der Waals surface area contributed by atoms with Gasteiger partial charge >= 0.3 is 0 Å². The second-order valence-corrected chi connectivity index (χ2v) is 4.74. The number of ether oxygens (including phenoxy) is 1. The zero-order chi connectivity index (χ0) is 14.0. The minimum Gasteiger partial charge on any atom is -0.386 e. The summed E-state index contributed by atoms with van der Waals surface area (Å²) in [5.41, 5.74) is 10.6. The topological polar surface area (TPSA) is 90.7 Å². The van der Waals surface area contributed by atoms with Crippen LogP contribution in [0.15, 0.2) is 23.2 Å². The molecule has 6 heteroatoms. The van der Waals surface area contributed by atoms with Crippen molar-refractivity contribution in [3.63, 3.8) is 0 Å². The van der Waals surface area contributed by atoms with Crippen LogP contribution in [0, 0.1) is 5.82 Å². The van der Waals surface area contributed by atoms with E-state index >= 15 is 0 Å². The molecule has 1 aliphatic rings. The Hall–Kier alpha value is -1.95. The monoisotopic (exact) mass is 265 g/mol. The summed E-state index contributed by atoms with van der Waals surface area (Å²) in [5, 5.41) is 0. The Bertz CT molecular complexity index is 545. The van der Waals surface area contributed by atoms with Crippen molar-refractivity contribution in [1.82, 2.24) is 0 Å². The van der Waals surface area contributed by atoms with Gasteiger partial charge in [0, 0.05) is 17.7 Å². The molecule has 0 radical (unpaired) electrons. The fourth-order valence-corrected chi connectivity index (χ4v) is 2.14. The fraction of sp³-hybridized carbons (Fsp3) is 0.385. The van der Waals surface area contributed by atoms with E-state index in [0.29, 0.717) is 24.4 Å². The van der Waals surface area contributed by atoms with Crippen LogP contribution < -0.4 is 11.5 Å². The Morgan fingerprint density at radius 3 is 2.95 bits per heavy atom. The Labute approximate surface area is 110 Å². The number of carbonyl (C=O) groups excluding carboxylic acids is 1. The number of hydrogen-bond donors (Lipinski definition) is 2. The average Bonchev–Trinajstić information content (AvgIpc) is 2.51. The maximum atomic E-state index is 14.0. The smallest absolute Gasteiger partial charge is 0.248 e. The van der Waals surface area contributed by atoms with Crippen LogP contribution in [0.1, 0.15) is 29.3 Å². The highest BCUT2D eigenvalue weighted by Crippen LogP contribution is 2.33. The van der Waals surface area contributed by atoms with E-state index in [1.54, 1.807) is 6.92 Å². The second kappa shape index (κ2) is 4.97. The third-order valence-corrected chi connectivity index (χ3v) is 3.20. The first-order valence-electron chi connectivity index (χ1n) is 5.94. The van der Waals surface area contributed by atoms with Crippen molar-refractivity contribution in [2.45, 2.75) is 18.9 Å². The molecule has 0 bridgehead atoms. The lowest BCUT2D eigenvalue weighted by Crippen LogP contribution is -2.26. The molecule has 1 heterocycles. The first-order valence-corrected chi connectivity index (χ1v) is 5.94. The first kappa shape index (κ1) is 13.5. The molecular formula is C13H16FN3O2. The number of carbonyl (C=O) groups is 1. The van der Waals surface area contributed by atoms with E-state index in [0.717, 1.165) is 0 Å². The van der Waals surface area contributed by atoms with Crippen LogP contribution in [0.4, 0.5) is 4.39 Å². The van der Waals surface area contributed by atoms with E-state index in [1.165, 1.54) is 18.2 Å². The molecule has 2 rings (SSSR count). The summed E-state index contributed by atoms with van der Waals surface area (Å²) in [6, 6.07) is 4.00. The number of benzene rings is 1. The van der Waals surface area contributed by atoms with Gasteiger partial charge in [-0.05, 0) is 31.5 Å². The first-order chi connectivity index (χ1) is 8.92. The van der Waals surface area contributed by atoms with E-state index < -0.39 is 17.3 Å². The maximum absolute atomic E-state index is 14.0. The molecule has 1 aromatic rings. The molecule has 1 amide bonds. The predicted molar refractivity (Wildman–Crippen MR) is 69.3 cm³/mol. The summed E-state index contributed by atoms with van der Waals surface area (Å²) < 4.78 is 19.3. The Morgan fingerprint density at radius 2 is 2.26 bits per heavy atom. The van der Waals surface area contributed by atoms with Crippen molar-refractivity contribution in [3.8, 4) is 0 Å². The van der Waals surface area contributed by atoms with Crippen LogP contribution in [0.25, 0.3) is 0 Å². The number of rotatable bonds is 2. The molecule has 0 saturated heterocycles. The van der Waals surface area contributed by atoms with Crippen LogP contribution in [0.3, 0.4) is 0 Å².